The van der Waals surface area contributed by atoms with Crippen molar-refractivity contribution in [3.8, 4) is 5.75 Å². The van der Waals surface area contributed by atoms with Crippen molar-refractivity contribution >= 4 is 29.5 Å². The summed E-state index contributed by atoms with van der Waals surface area (Å²) in [6.07, 6.45) is 0.491. The third-order valence-corrected chi connectivity index (χ3v) is 12.5. The molecule has 0 saturated carbocycles. The number of aliphatic hydroxyl groups is 3. The first-order chi connectivity index (χ1) is 19.7. The second kappa shape index (κ2) is 13.5. The van der Waals surface area contributed by atoms with Crippen LogP contribution in [0.25, 0.3) is 10.8 Å². The Hall–Kier alpha value is -3.48. The first-order valence-electron chi connectivity index (χ1n) is 14.0. The molecule has 0 aliphatic carbocycles. The van der Waals surface area contributed by atoms with Crippen molar-refractivity contribution in [3.63, 3.8) is 0 Å². The molecule has 4 rings (SSSR count). The van der Waals surface area contributed by atoms with Crippen LogP contribution in [-0.4, -0.2) is 48.1 Å². The lowest BCUT2D eigenvalue weighted by Gasteiger charge is -2.43. The maximum Gasteiger partial charge on any atom is 0.261 e. The first kappa shape index (κ1) is 30.5. The molecule has 0 radical (unpaired) electrons. The van der Waals surface area contributed by atoms with Gasteiger partial charge in [-0.15, -0.1) is 5.73 Å². The summed E-state index contributed by atoms with van der Waals surface area (Å²) in [6, 6.07) is 31.5. The molecule has 41 heavy (non-hydrogen) atoms. The summed E-state index contributed by atoms with van der Waals surface area (Å²) in [7, 11) is -2.81. The Morgan fingerprint density at radius 3 is 1.95 bits per heavy atom. The molecule has 0 aliphatic rings. The highest BCUT2D eigenvalue weighted by molar-refractivity contribution is 6.99. The molecule has 214 valence electrons. The summed E-state index contributed by atoms with van der Waals surface area (Å²) in [4.78, 5) is 0. The second-order valence-corrected chi connectivity index (χ2v) is 15.7. The number of rotatable bonds is 11. The van der Waals surface area contributed by atoms with Crippen molar-refractivity contribution < 1.29 is 24.9 Å². The molecule has 0 spiro atoms. The van der Waals surface area contributed by atoms with Gasteiger partial charge < -0.3 is 24.9 Å². The monoisotopic (exact) mass is 568 g/mol. The fourth-order valence-corrected chi connectivity index (χ4v) is 10.1. The molecule has 0 fully saturated rings. The topological polar surface area (TPSA) is 90.2 Å². The van der Waals surface area contributed by atoms with Gasteiger partial charge in [0, 0.05) is 18.2 Å². The van der Waals surface area contributed by atoms with Crippen molar-refractivity contribution in [1.82, 2.24) is 0 Å². The predicted molar refractivity (Wildman–Crippen MR) is 168 cm³/mol. The van der Waals surface area contributed by atoms with Gasteiger partial charge in [-0.3, -0.25) is 0 Å². The highest BCUT2D eigenvalue weighted by Crippen LogP contribution is 2.37. The van der Waals surface area contributed by atoms with Crippen LogP contribution in [0.15, 0.2) is 114 Å². The largest absolute Gasteiger partial charge is 0.507 e. The molecule has 0 heterocycles. The molecule has 6 heteroatoms. The first-order valence-corrected chi connectivity index (χ1v) is 15.9. The van der Waals surface area contributed by atoms with Crippen molar-refractivity contribution in [2.45, 2.75) is 50.9 Å². The van der Waals surface area contributed by atoms with Gasteiger partial charge in [-0.2, -0.15) is 0 Å². The number of aromatic hydroxyl groups is 1. The van der Waals surface area contributed by atoms with Gasteiger partial charge in [0.25, 0.3) is 8.32 Å². The van der Waals surface area contributed by atoms with E-state index in [0.717, 1.165) is 21.3 Å². The molecular formula is C35H40O5Si. The molecule has 4 aromatic rings. The molecule has 2 atom stereocenters. The predicted octanol–water partition coefficient (Wildman–Crippen LogP) is 5.37. The van der Waals surface area contributed by atoms with E-state index in [2.05, 4.69) is 50.8 Å². The van der Waals surface area contributed by atoms with E-state index in [1.807, 2.05) is 60.7 Å². The number of benzene rings is 4. The zero-order valence-corrected chi connectivity index (χ0v) is 25.0. The number of phenols is 1. The average molecular weight is 569 g/mol. The SMILES string of the molecule is CC(C)(C)[Si](OCC(=C=CC[C@@H](O)c1ccc(O)c2ccccc12)C[C@@H](O)CO)(c1ccccc1)c1ccccc1. The number of aliphatic hydroxyl groups excluding tert-OH is 3. The summed E-state index contributed by atoms with van der Waals surface area (Å²) < 4.78 is 7.02. The summed E-state index contributed by atoms with van der Waals surface area (Å²) in [5, 5.41) is 44.8. The number of hydrogen-bond donors (Lipinski definition) is 4. The highest BCUT2D eigenvalue weighted by Gasteiger charge is 2.50. The maximum absolute atomic E-state index is 11.0. The van der Waals surface area contributed by atoms with E-state index in [1.165, 1.54) is 0 Å². The van der Waals surface area contributed by atoms with Gasteiger partial charge >= 0.3 is 0 Å². The van der Waals surface area contributed by atoms with Crippen LogP contribution >= 0.6 is 0 Å². The molecule has 0 unspecified atom stereocenters. The van der Waals surface area contributed by atoms with Crippen molar-refractivity contribution in [3.05, 3.63) is 120 Å². The van der Waals surface area contributed by atoms with E-state index in [1.54, 1.807) is 18.2 Å². The van der Waals surface area contributed by atoms with Crippen LogP contribution < -0.4 is 10.4 Å². The Morgan fingerprint density at radius 2 is 1.39 bits per heavy atom. The van der Waals surface area contributed by atoms with Crippen molar-refractivity contribution in [2.75, 3.05) is 13.2 Å². The second-order valence-electron chi connectivity index (χ2n) is 11.4. The van der Waals surface area contributed by atoms with Gasteiger partial charge in [-0.05, 0) is 44.1 Å². The van der Waals surface area contributed by atoms with Gasteiger partial charge in [-0.25, -0.2) is 0 Å². The lowest BCUT2D eigenvalue weighted by Crippen LogP contribution is -2.66. The fraction of sp³-hybridized carbons (Fsp3) is 0.286. The Labute approximate surface area is 243 Å². The minimum atomic E-state index is -2.81. The van der Waals surface area contributed by atoms with Crippen molar-refractivity contribution in [2.24, 2.45) is 0 Å². The van der Waals surface area contributed by atoms with E-state index in [-0.39, 0.29) is 36.8 Å². The number of hydrogen-bond acceptors (Lipinski definition) is 5. The summed E-state index contributed by atoms with van der Waals surface area (Å²) in [5.41, 5.74) is 4.71. The van der Waals surface area contributed by atoms with E-state index >= 15 is 0 Å². The maximum atomic E-state index is 11.0. The van der Waals surface area contributed by atoms with Crippen molar-refractivity contribution in [1.29, 1.82) is 0 Å². The zero-order chi connectivity index (χ0) is 29.5. The third-order valence-electron chi connectivity index (χ3n) is 7.51. The van der Waals surface area contributed by atoms with Gasteiger partial charge in [0.15, 0.2) is 0 Å². The number of phenolic OH excluding ortho intramolecular Hbond substituents is 1. The molecule has 4 N–H and O–H groups in total. The van der Waals surface area contributed by atoms with Crippen LogP contribution in [0.1, 0.15) is 45.3 Å². The average Bonchev–Trinajstić information content (AvgIpc) is 2.98. The van der Waals surface area contributed by atoms with Gasteiger partial charge in [0.2, 0.25) is 0 Å². The Kier molecular flexibility index (Phi) is 10.00. The van der Waals surface area contributed by atoms with E-state index in [0.29, 0.717) is 11.0 Å². The molecule has 0 aliphatic heterocycles. The summed E-state index contributed by atoms with van der Waals surface area (Å²) in [5.74, 6) is 0.174. The fourth-order valence-electron chi connectivity index (χ4n) is 5.50. The molecule has 0 bridgehead atoms. The Bertz CT molecular complexity index is 1450. The number of fused-ring (bicyclic) bond motifs is 1. The van der Waals surface area contributed by atoms with Gasteiger partial charge in [-0.1, -0.05) is 112 Å². The lowest BCUT2D eigenvalue weighted by atomic mass is 9.98. The molecule has 0 saturated heterocycles. The van der Waals surface area contributed by atoms with Crippen LogP contribution in [0.2, 0.25) is 5.04 Å². The summed E-state index contributed by atoms with van der Waals surface area (Å²) in [6.45, 7) is 6.48. The minimum Gasteiger partial charge on any atom is -0.507 e. The van der Waals surface area contributed by atoms with Crippen LogP contribution in [0.3, 0.4) is 0 Å². The Morgan fingerprint density at radius 1 is 0.829 bits per heavy atom. The molecule has 5 nitrogen and oxygen atoms in total. The van der Waals surface area contributed by atoms with E-state index < -0.39 is 20.5 Å². The summed E-state index contributed by atoms with van der Waals surface area (Å²) >= 11 is 0. The zero-order valence-electron chi connectivity index (χ0n) is 24.0. The van der Waals surface area contributed by atoms with Crippen LogP contribution in [0.5, 0.6) is 5.75 Å². The standard InChI is InChI=1S/C35H40O5Si/c1-35(2,3)41(28-14-6-4-7-15-28,29-16-8-5-9-17-29)40-25-26(23-27(37)24-36)13-12-20-33(38)32-21-22-34(39)31-19-11-10-18-30(31)32/h4-12,14-19,21-22,27,33,36-39H,20,23-25H2,1-3H3/t13?,27-,33-/m1/s1. The molecule has 0 amide bonds. The van der Waals surface area contributed by atoms with E-state index in [4.69, 9.17) is 4.43 Å². The minimum absolute atomic E-state index is 0.174. The van der Waals surface area contributed by atoms with E-state index in [9.17, 15) is 20.4 Å². The molecule has 0 aromatic heterocycles. The quantitative estimate of drug-likeness (QED) is 0.144. The smallest absolute Gasteiger partial charge is 0.261 e. The lowest BCUT2D eigenvalue weighted by molar-refractivity contribution is 0.0933. The third kappa shape index (κ3) is 6.88. The van der Waals surface area contributed by atoms with Gasteiger partial charge in [0.1, 0.15) is 5.75 Å². The molecule has 4 aromatic carbocycles. The Balaban J connectivity index is 1.68. The highest BCUT2D eigenvalue weighted by atomic mass is 28.4. The molecular weight excluding hydrogens is 528 g/mol. The normalized spacial score (nSPS) is 13.4. The van der Waals surface area contributed by atoms with Gasteiger partial charge in [0.05, 0.1) is 25.4 Å². The van der Waals surface area contributed by atoms with Crippen LogP contribution in [-0.2, 0) is 4.43 Å². The van der Waals surface area contributed by atoms with Crippen LogP contribution in [0, 0.1) is 0 Å². The van der Waals surface area contributed by atoms with Crippen LogP contribution in [0.4, 0.5) is 0 Å².